The normalized spacial score (nSPS) is 29.0. The molecule has 3 rings (SSSR count). The predicted octanol–water partition coefficient (Wildman–Crippen LogP) is 1.31. The van der Waals surface area contributed by atoms with Crippen LogP contribution in [0.3, 0.4) is 0 Å². The van der Waals surface area contributed by atoms with E-state index in [2.05, 4.69) is 17.0 Å². The molecule has 2 fully saturated rings. The highest BCUT2D eigenvalue weighted by atomic mass is 16.6. The summed E-state index contributed by atoms with van der Waals surface area (Å²) in [6.45, 7) is 3.24. The maximum absolute atomic E-state index is 11.2. The van der Waals surface area contributed by atoms with Gasteiger partial charge in [0.25, 0.3) is 0 Å². The molecule has 2 atom stereocenters. The minimum Gasteiger partial charge on any atom is -0.371 e. The third kappa shape index (κ3) is 3.48. The maximum atomic E-state index is 11.2. The minimum atomic E-state index is -0.281. The molecule has 2 aliphatic rings. The highest BCUT2D eigenvalue weighted by molar-refractivity contribution is 5.75. The van der Waals surface area contributed by atoms with Gasteiger partial charge in [0.1, 0.15) is 5.60 Å². The second-order valence-electron chi connectivity index (χ2n) is 6.27. The lowest BCUT2D eigenvalue weighted by atomic mass is 9.86. The number of primary amides is 1. The number of hydrogen-bond acceptors (Lipinski definition) is 4. The topological polar surface area (TPSA) is 64.8 Å². The van der Waals surface area contributed by atoms with Crippen molar-refractivity contribution in [3.8, 4) is 0 Å². The zero-order chi connectivity index (χ0) is 15.4. The Morgan fingerprint density at radius 2 is 2.23 bits per heavy atom. The van der Waals surface area contributed by atoms with Crippen molar-refractivity contribution in [2.45, 2.75) is 37.6 Å². The van der Waals surface area contributed by atoms with Crippen LogP contribution in [0.2, 0.25) is 0 Å². The summed E-state index contributed by atoms with van der Waals surface area (Å²) in [6.07, 6.45) is 3.00. The molecule has 120 valence electrons. The van der Waals surface area contributed by atoms with Crippen LogP contribution in [0.5, 0.6) is 0 Å². The van der Waals surface area contributed by atoms with E-state index in [1.807, 2.05) is 18.2 Å². The van der Waals surface area contributed by atoms with Crippen LogP contribution in [0.4, 0.5) is 0 Å². The van der Waals surface area contributed by atoms with Crippen LogP contribution in [0.25, 0.3) is 0 Å². The fourth-order valence-corrected chi connectivity index (χ4v) is 3.58. The summed E-state index contributed by atoms with van der Waals surface area (Å²) in [4.78, 5) is 13.3. The lowest BCUT2D eigenvalue weighted by Gasteiger charge is -2.44. The van der Waals surface area contributed by atoms with Crippen LogP contribution in [-0.2, 0) is 20.9 Å². The first-order chi connectivity index (χ1) is 10.7. The van der Waals surface area contributed by atoms with Gasteiger partial charge in [-0.25, -0.2) is 0 Å². The Morgan fingerprint density at radius 3 is 2.91 bits per heavy atom. The van der Waals surface area contributed by atoms with E-state index < -0.39 is 0 Å². The van der Waals surface area contributed by atoms with Gasteiger partial charge in [-0.1, -0.05) is 30.3 Å². The summed E-state index contributed by atoms with van der Waals surface area (Å²) < 4.78 is 12.3. The lowest BCUT2D eigenvalue weighted by Crippen LogP contribution is -2.58. The van der Waals surface area contributed by atoms with Crippen molar-refractivity contribution >= 4 is 5.91 Å². The quantitative estimate of drug-likeness (QED) is 0.891. The SMILES string of the molecule is NC(=O)CN1CC[C@H](OCc2ccccc2)[C@]2(CCCO2)C1. The zero-order valence-electron chi connectivity index (χ0n) is 12.9. The number of ether oxygens (including phenoxy) is 2. The van der Waals surface area contributed by atoms with Gasteiger partial charge >= 0.3 is 0 Å². The molecule has 0 bridgehead atoms. The lowest BCUT2D eigenvalue weighted by molar-refractivity contribution is -0.160. The van der Waals surface area contributed by atoms with Crippen molar-refractivity contribution in [2.24, 2.45) is 5.73 Å². The molecule has 1 spiro atoms. The first-order valence-electron chi connectivity index (χ1n) is 7.98. The summed E-state index contributed by atoms with van der Waals surface area (Å²) in [5, 5.41) is 0. The summed E-state index contributed by atoms with van der Waals surface area (Å²) >= 11 is 0. The second kappa shape index (κ2) is 6.77. The second-order valence-corrected chi connectivity index (χ2v) is 6.27. The van der Waals surface area contributed by atoms with E-state index in [1.165, 1.54) is 5.56 Å². The van der Waals surface area contributed by atoms with Crippen LogP contribution >= 0.6 is 0 Å². The third-order valence-electron chi connectivity index (χ3n) is 4.59. The number of benzene rings is 1. The van der Waals surface area contributed by atoms with Gasteiger partial charge in [0.15, 0.2) is 0 Å². The van der Waals surface area contributed by atoms with E-state index in [0.717, 1.165) is 39.0 Å². The molecule has 0 radical (unpaired) electrons. The Hall–Kier alpha value is -1.43. The molecular weight excluding hydrogens is 280 g/mol. The monoisotopic (exact) mass is 304 g/mol. The van der Waals surface area contributed by atoms with E-state index in [-0.39, 0.29) is 17.6 Å². The first-order valence-corrected chi connectivity index (χ1v) is 7.98. The van der Waals surface area contributed by atoms with Crippen LogP contribution < -0.4 is 5.73 Å². The zero-order valence-corrected chi connectivity index (χ0v) is 12.9. The van der Waals surface area contributed by atoms with Crippen molar-refractivity contribution in [3.63, 3.8) is 0 Å². The van der Waals surface area contributed by atoms with Crippen LogP contribution in [0, 0.1) is 0 Å². The number of carbonyl (C=O) groups excluding carboxylic acids is 1. The first kappa shape index (κ1) is 15.5. The standard InChI is InChI=1S/C17H24N2O3/c18-16(20)11-19-9-7-15(17(13-19)8-4-10-22-17)21-12-14-5-2-1-3-6-14/h1-3,5-6,15H,4,7-13H2,(H2,18,20)/t15-,17-/m0/s1. The molecule has 0 aliphatic carbocycles. The number of nitrogens with two attached hydrogens (primary N) is 1. The smallest absolute Gasteiger partial charge is 0.231 e. The molecule has 1 amide bonds. The van der Waals surface area contributed by atoms with Crippen molar-refractivity contribution in [1.29, 1.82) is 0 Å². The summed E-state index contributed by atoms with van der Waals surface area (Å²) in [7, 11) is 0. The van der Waals surface area contributed by atoms with Gasteiger partial charge in [-0.05, 0) is 24.8 Å². The molecule has 0 aromatic heterocycles. The van der Waals surface area contributed by atoms with Gasteiger partial charge in [0.05, 0.1) is 19.3 Å². The van der Waals surface area contributed by atoms with E-state index >= 15 is 0 Å². The van der Waals surface area contributed by atoms with Gasteiger partial charge in [-0.3, -0.25) is 9.69 Å². The summed E-state index contributed by atoms with van der Waals surface area (Å²) in [6, 6.07) is 10.2. The molecule has 2 heterocycles. The molecule has 22 heavy (non-hydrogen) atoms. The average Bonchev–Trinajstić information content (AvgIpc) is 2.96. The Morgan fingerprint density at radius 1 is 1.41 bits per heavy atom. The van der Waals surface area contributed by atoms with Crippen LogP contribution in [0.1, 0.15) is 24.8 Å². The van der Waals surface area contributed by atoms with Crippen LogP contribution in [-0.4, -0.2) is 48.8 Å². The average molecular weight is 304 g/mol. The van der Waals surface area contributed by atoms with Gasteiger partial charge in [0, 0.05) is 19.7 Å². The minimum absolute atomic E-state index is 0.0827. The summed E-state index contributed by atoms with van der Waals surface area (Å²) in [5.41, 5.74) is 6.23. The molecule has 2 aliphatic heterocycles. The van der Waals surface area contributed by atoms with E-state index in [0.29, 0.717) is 13.2 Å². The number of carbonyl (C=O) groups is 1. The molecule has 0 unspecified atom stereocenters. The van der Waals surface area contributed by atoms with Crippen LogP contribution in [0.15, 0.2) is 30.3 Å². The van der Waals surface area contributed by atoms with Gasteiger partial charge < -0.3 is 15.2 Å². The number of rotatable bonds is 5. The Kier molecular flexibility index (Phi) is 4.76. The molecule has 2 N–H and O–H groups in total. The van der Waals surface area contributed by atoms with Gasteiger partial charge in [-0.2, -0.15) is 0 Å². The van der Waals surface area contributed by atoms with E-state index in [1.54, 1.807) is 0 Å². The van der Waals surface area contributed by atoms with E-state index in [9.17, 15) is 4.79 Å². The molecule has 2 saturated heterocycles. The highest BCUT2D eigenvalue weighted by Gasteiger charge is 2.47. The van der Waals surface area contributed by atoms with Crippen molar-refractivity contribution in [2.75, 3.05) is 26.2 Å². The molecule has 5 nitrogen and oxygen atoms in total. The van der Waals surface area contributed by atoms with Crippen molar-refractivity contribution < 1.29 is 14.3 Å². The fraction of sp³-hybridized carbons (Fsp3) is 0.588. The van der Waals surface area contributed by atoms with E-state index in [4.69, 9.17) is 15.2 Å². The Bertz CT molecular complexity index is 500. The molecule has 1 aromatic rings. The molecule has 1 aromatic carbocycles. The van der Waals surface area contributed by atoms with Crippen molar-refractivity contribution in [1.82, 2.24) is 4.90 Å². The number of amides is 1. The molecule has 0 saturated carbocycles. The number of piperidine rings is 1. The Balaban J connectivity index is 1.64. The summed E-state index contributed by atoms with van der Waals surface area (Å²) in [5.74, 6) is -0.281. The molecular formula is C17H24N2O3. The maximum Gasteiger partial charge on any atom is 0.231 e. The van der Waals surface area contributed by atoms with Crippen molar-refractivity contribution in [3.05, 3.63) is 35.9 Å². The third-order valence-corrected chi connectivity index (χ3v) is 4.59. The van der Waals surface area contributed by atoms with Gasteiger partial charge in [-0.15, -0.1) is 0 Å². The van der Waals surface area contributed by atoms with Gasteiger partial charge in [0.2, 0.25) is 5.91 Å². The number of hydrogen-bond donors (Lipinski definition) is 1. The predicted molar refractivity (Wildman–Crippen MR) is 83.2 cm³/mol. The number of likely N-dealkylation sites (tertiary alicyclic amines) is 1. The highest BCUT2D eigenvalue weighted by Crippen LogP contribution is 2.36. The Labute approximate surface area is 131 Å². The molecule has 5 heteroatoms. The fourth-order valence-electron chi connectivity index (χ4n) is 3.58. The number of nitrogens with zero attached hydrogens (tertiary/aromatic N) is 1. The largest absolute Gasteiger partial charge is 0.371 e.